The Hall–Kier alpha value is -2.45. The predicted molar refractivity (Wildman–Crippen MR) is 103 cm³/mol. The third-order valence-corrected chi connectivity index (χ3v) is 6.05. The van der Waals surface area contributed by atoms with Gasteiger partial charge in [-0.25, -0.2) is 8.99 Å². The Balaban J connectivity index is 1.85. The fraction of sp³-hybridized carbons (Fsp3) is 0.368. The Morgan fingerprint density at radius 3 is 2.59 bits per heavy atom. The topological polar surface area (TPSA) is 89.5 Å². The van der Waals surface area contributed by atoms with Crippen molar-refractivity contribution in [1.82, 2.24) is 14.2 Å². The Bertz CT molecular complexity index is 1190. The highest BCUT2D eigenvalue weighted by Crippen LogP contribution is 2.25. The van der Waals surface area contributed by atoms with Crippen LogP contribution >= 0.6 is 0 Å². The molecule has 3 aromatic rings. The van der Waals surface area contributed by atoms with Gasteiger partial charge in [0.15, 0.2) is 0 Å². The van der Waals surface area contributed by atoms with E-state index in [0.29, 0.717) is 30.2 Å². The second-order valence-electron chi connectivity index (χ2n) is 7.31. The molecule has 1 aliphatic heterocycles. The minimum Gasteiger partial charge on any atom is -0.370 e. The molecule has 1 unspecified atom stereocenters. The molecule has 4 rings (SSSR count). The lowest BCUT2D eigenvalue weighted by atomic mass is 10.1. The molecule has 0 amide bonds. The van der Waals surface area contributed by atoms with Crippen molar-refractivity contribution < 1.29 is 8.95 Å². The fourth-order valence-corrected chi connectivity index (χ4v) is 4.07. The van der Waals surface area contributed by atoms with E-state index < -0.39 is 9.73 Å². The second kappa shape index (κ2) is 6.31. The Morgan fingerprint density at radius 1 is 1.26 bits per heavy atom. The zero-order chi connectivity index (χ0) is 19.3. The smallest absolute Gasteiger partial charge is 0.277 e. The molecule has 2 aromatic heterocycles. The average molecular weight is 386 g/mol. The Morgan fingerprint density at radius 2 is 1.96 bits per heavy atom. The molecular weight excluding hydrogens is 364 g/mol. The molecule has 0 bridgehead atoms. The molecule has 1 N–H and O–H groups in total. The van der Waals surface area contributed by atoms with Crippen LogP contribution in [0.15, 0.2) is 40.2 Å². The SMILES string of the molecule is CC(C)c1cn(Cc2ccc(S(C)(=N)=O)cc2)c2c3c(nn2c1=O)COC3. The van der Waals surface area contributed by atoms with E-state index in [1.165, 1.54) is 10.8 Å². The van der Waals surface area contributed by atoms with Gasteiger partial charge in [0.2, 0.25) is 0 Å². The highest BCUT2D eigenvalue weighted by atomic mass is 32.2. The minimum atomic E-state index is -2.73. The number of fused-ring (bicyclic) bond motifs is 3. The Kier molecular flexibility index (Phi) is 4.20. The molecule has 3 heterocycles. The molecule has 0 aliphatic carbocycles. The number of nitrogens with zero attached hydrogens (tertiary/aromatic N) is 3. The van der Waals surface area contributed by atoms with Crippen molar-refractivity contribution in [2.45, 2.75) is 44.4 Å². The third-order valence-electron chi connectivity index (χ3n) is 4.88. The van der Waals surface area contributed by atoms with Crippen LogP contribution < -0.4 is 5.56 Å². The van der Waals surface area contributed by atoms with Crippen LogP contribution in [0.2, 0.25) is 0 Å². The number of aromatic nitrogens is 3. The van der Waals surface area contributed by atoms with Crippen molar-refractivity contribution in [3.8, 4) is 0 Å². The van der Waals surface area contributed by atoms with E-state index in [-0.39, 0.29) is 11.5 Å². The number of benzene rings is 1. The maximum atomic E-state index is 12.8. The minimum absolute atomic E-state index is 0.0823. The van der Waals surface area contributed by atoms with E-state index in [2.05, 4.69) is 5.10 Å². The molecule has 8 heteroatoms. The van der Waals surface area contributed by atoms with Gasteiger partial charge in [-0.05, 0) is 23.6 Å². The van der Waals surface area contributed by atoms with E-state index in [9.17, 15) is 9.00 Å². The summed E-state index contributed by atoms with van der Waals surface area (Å²) < 4.78 is 28.6. The highest BCUT2D eigenvalue weighted by Gasteiger charge is 2.24. The summed E-state index contributed by atoms with van der Waals surface area (Å²) in [5, 5.41) is 4.48. The fourth-order valence-electron chi connectivity index (χ4n) is 3.41. The summed E-state index contributed by atoms with van der Waals surface area (Å²) in [6.45, 7) is 5.42. The molecule has 142 valence electrons. The summed E-state index contributed by atoms with van der Waals surface area (Å²) >= 11 is 0. The molecular formula is C19H22N4O3S. The first-order valence-electron chi connectivity index (χ1n) is 8.80. The lowest BCUT2D eigenvalue weighted by Crippen LogP contribution is -2.24. The highest BCUT2D eigenvalue weighted by molar-refractivity contribution is 7.91. The van der Waals surface area contributed by atoms with Crippen molar-refractivity contribution in [2.24, 2.45) is 0 Å². The van der Waals surface area contributed by atoms with Gasteiger partial charge < -0.3 is 9.30 Å². The van der Waals surface area contributed by atoms with Gasteiger partial charge in [0, 0.05) is 35.0 Å². The summed E-state index contributed by atoms with van der Waals surface area (Å²) in [6, 6.07) is 7.23. The van der Waals surface area contributed by atoms with Crippen LogP contribution in [0.5, 0.6) is 0 Å². The van der Waals surface area contributed by atoms with Crippen molar-refractivity contribution in [2.75, 3.05) is 6.26 Å². The summed E-state index contributed by atoms with van der Waals surface area (Å²) in [4.78, 5) is 13.3. The lowest BCUT2D eigenvalue weighted by Gasteiger charge is -2.15. The van der Waals surface area contributed by atoms with Crippen molar-refractivity contribution in [3.05, 3.63) is 63.2 Å². The van der Waals surface area contributed by atoms with Gasteiger partial charge in [-0.15, -0.1) is 0 Å². The lowest BCUT2D eigenvalue weighted by molar-refractivity contribution is 0.132. The monoisotopic (exact) mass is 386 g/mol. The molecule has 0 saturated carbocycles. The molecule has 0 radical (unpaired) electrons. The molecule has 1 aromatic carbocycles. The van der Waals surface area contributed by atoms with E-state index in [1.54, 1.807) is 12.1 Å². The normalized spacial score (nSPS) is 16.0. The van der Waals surface area contributed by atoms with Crippen LogP contribution in [0.3, 0.4) is 0 Å². The van der Waals surface area contributed by atoms with Crippen LogP contribution in [0.4, 0.5) is 0 Å². The van der Waals surface area contributed by atoms with E-state index in [0.717, 1.165) is 22.5 Å². The van der Waals surface area contributed by atoms with E-state index in [1.807, 2.05) is 36.7 Å². The van der Waals surface area contributed by atoms with E-state index in [4.69, 9.17) is 9.52 Å². The predicted octanol–water partition coefficient (Wildman–Crippen LogP) is 2.73. The summed E-state index contributed by atoms with van der Waals surface area (Å²) in [7, 11) is -2.73. The molecule has 27 heavy (non-hydrogen) atoms. The van der Waals surface area contributed by atoms with Gasteiger partial charge in [0.1, 0.15) is 5.65 Å². The largest absolute Gasteiger partial charge is 0.370 e. The molecule has 1 aliphatic rings. The van der Waals surface area contributed by atoms with Gasteiger partial charge in [0.05, 0.1) is 28.6 Å². The van der Waals surface area contributed by atoms with Gasteiger partial charge in [-0.3, -0.25) is 4.79 Å². The Labute approximate surface area is 157 Å². The number of ether oxygens (including phenoxy) is 1. The van der Waals surface area contributed by atoms with Crippen LogP contribution in [-0.2, 0) is 34.2 Å². The van der Waals surface area contributed by atoms with Crippen LogP contribution in [-0.4, -0.2) is 24.6 Å². The summed E-state index contributed by atoms with van der Waals surface area (Å²) in [5.41, 5.74) is 4.17. The summed E-state index contributed by atoms with van der Waals surface area (Å²) in [6.07, 6.45) is 3.32. The average Bonchev–Trinajstić information content (AvgIpc) is 3.18. The zero-order valence-electron chi connectivity index (χ0n) is 15.6. The number of hydrogen-bond donors (Lipinski definition) is 1. The van der Waals surface area contributed by atoms with Crippen LogP contribution in [0, 0.1) is 4.78 Å². The number of hydrogen-bond acceptors (Lipinski definition) is 5. The van der Waals surface area contributed by atoms with Gasteiger partial charge in [0.25, 0.3) is 5.56 Å². The van der Waals surface area contributed by atoms with Gasteiger partial charge in [-0.2, -0.15) is 9.61 Å². The van der Waals surface area contributed by atoms with Crippen LogP contribution in [0.25, 0.3) is 5.65 Å². The zero-order valence-corrected chi connectivity index (χ0v) is 16.4. The maximum absolute atomic E-state index is 12.8. The van der Waals surface area contributed by atoms with Crippen molar-refractivity contribution >= 4 is 15.4 Å². The standard InChI is InChI=1S/C19H22N4O3S/c1-12(2)15-9-22(8-13-4-6-14(7-5-13)27(3,20)25)18-16-10-26-11-17(16)21-23(18)19(15)24/h4-7,9,12,20H,8,10-11H2,1-3H3. The van der Waals surface area contributed by atoms with Crippen LogP contribution in [0.1, 0.15) is 42.1 Å². The van der Waals surface area contributed by atoms with Crippen molar-refractivity contribution in [3.63, 3.8) is 0 Å². The molecule has 0 spiro atoms. The number of rotatable bonds is 4. The molecule has 0 saturated heterocycles. The van der Waals surface area contributed by atoms with Gasteiger partial charge in [-0.1, -0.05) is 26.0 Å². The molecule has 1 atom stereocenters. The molecule has 7 nitrogen and oxygen atoms in total. The quantitative estimate of drug-likeness (QED) is 0.747. The number of nitrogens with one attached hydrogen (secondary N) is 1. The molecule has 0 fully saturated rings. The summed E-state index contributed by atoms with van der Waals surface area (Å²) in [5.74, 6) is 0.0823. The van der Waals surface area contributed by atoms with Crippen molar-refractivity contribution in [1.29, 1.82) is 4.78 Å². The first-order valence-corrected chi connectivity index (χ1v) is 10.8. The maximum Gasteiger partial charge on any atom is 0.277 e. The third kappa shape index (κ3) is 3.08. The first kappa shape index (κ1) is 17.9. The van der Waals surface area contributed by atoms with Gasteiger partial charge >= 0.3 is 0 Å². The van der Waals surface area contributed by atoms with E-state index >= 15 is 0 Å². The second-order valence-corrected chi connectivity index (χ2v) is 9.47. The first-order chi connectivity index (χ1) is 12.8.